The van der Waals surface area contributed by atoms with Crippen molar-refractivity contribution in [3.05, 3.63) is 19.9 Å². The quantitative estimate of drug-likeness (QED) is 0.573. The molecule has 2 heterocycles. The van der Waals surface area contributed by atoms with Crippen LogP contribution < -0.4 is 0 Å². The van der Waals surface area contributed by atoms with Crippen LogP contribution in [0.4, 0.5) is 0 Å². The Bertz CT molecular complexity index is 469. The minimum absolute atomic E-state index is 0.0804. The molecule has 7 heteroatoms. The van der Waals surface area contributed by atoms with Gasteiger partial charge in [-0.15, -0.1) is 11.3 Å². The summed E-state index contributed by atoms with van der Waals surface area (Å²) in [5.74, 6) is -0.149. The Hall–Kier alpha value is -0.670. The van der Waals surface area contributed by atoms with Gasteiger partial charge in [0.15, 0.2) is 0 Å². The van der Waals surface area contributed by atoms with Gasteiger partial charge in [-0.3, -0.25) is 14.5 Å². The summed E-state index contributed by atoms with van der Waals surface area (Å²) >= 11 is 3.79. The van der Waals surface area contributed by atoms with Crippen molar-refractivity contribution in [2.24, 2.45) is 0 Å². The van der Waals surface area contributed by atoms with Crippen LogP contribution in [0.3, 0.4) is 0 Å². The highest BCUT2D eigenvalue weighted by atomic mass is 127. The van der Waals surface area contributed by atoms with E-state index in [4.69, 9.17) is 0 Å². The summed E-state index contributed by atoms with van der Waals surface area (Å²) < 4.78 is 5.75. The summed E-state index contributed by atoms with van der Waals surface area (Å²) in [4.78, 5) is 27.2. The van der Waals surface area contributed by atoms with Crippen LogP contribution in [-0.2, 0) is 9.53 Å². The molecule has 0 atom stereocenters. The molecule has 104 valence electrons. The molecule has 0 bridgehead atoms. The molecule has 1 fully saturated rings. The molecule has 1 amide bonds. The molecule has 0 unspecified atom stereocenters. The molecule has 1 aliphatic heterocycles. The molecule has 0 N–H and O–H groups in total. The number of ether oxygens (including phenoxy) is 1. The molecule has 0 spiro atoms. The van der Waals surface area contributed by atoms with E-state index in [0.29, 0.717) is 32.7 Å². The highest BCUT2D eigenvalue weighted by molar-refractivity contribution is 14.1. The first-order chi connectivity index (χ1) is 9.10. The van der Waals surface area contributed by atoms with Crippen molar-refractivity contribution in [3.63, 3.8) is 0 Å². The third kappa shape index (κ3) is 3.90. The van der Waals surface area contributed by atoms with Crippen molar-refractivity contribution in [2.45, 2.75) is 0 Å². The Kier molecular flexibility index (Phi) is 5.17. The standard InChI is InChI=1S/C12H15IN2O3S/c1-18-11(16)7-14-2-4-15(5-3-14)12(17)9-6-10(13)19-8-9/h6,8H,2-5,7H2,1H3. The molecular formula is C12H15IN2O3S. The molecule has 2 rings (SSSR count). The number of piperazine rings is 1. The summed E-state index contributed by atoms with van der Waals surface area (Å²) in [7, 11) is 1.39. The number of hydrogen-bond donors (Lipinski definition) is 0. The van der Waals surface area contributed by atoms with Gasteiger partial charge in [0.1, 0.15) is 0 Å². The van der Waals surface area contributed by atoms with Crippen molar-refractivity contribution in [2.75, 3.05) is 39.8 Å². The Morgan fingerprint density at radius 3 is 2.58 bits per heavy atom. The zero-order valence-electron chi connectivity index (χ0n) is 10.6. The maximum atomic E-state index is 12.2. The van der Waals surface area contributed by atoms with Crippen LogP contribution in [0.5, 0.6) is 0 Å². The lowest BCUT2D eigenvalue weighted by molar-refractivity contribution is -0.142. The third-order valence-corrected chi connectivity index (χ3v) is 4.84. The number of thiophene rings is 1. The number of methoxy groups -OCH3 is 1. The lowest BCUT2D eigenvalue weighted by Gasteiger charge is -2.33. The van der Waals surface area contributed by atoms with E-state index in [1.54, 1.807) is 11.3 Å². The van der Waals surface area contributed by atoms with Crippen LogP contribution in [0.1, 0.15) is 10.4 Å². The second-order valence-electron chi connectivity index (χ2n) is 4.28. The van der Waals surface area contributed by atoms with E-state index in [1.807, 2.05) is 21.2 Å². The minimum atomic E-state index is -0.229. The van der Waals surface area contributed by atoms with E-state index in [-0.39, 0.29) is 11.9 Å². The van der Waals surface area contributed by atoms with Gasteiger partial charge in [0.25, 0.3) is 5.91 Å². The fourth-order valence-electron chi connectivity index (χ4n) is 1.96. The van der Waals surface area contributed by atoms with Gasteiger partial charge in [0.2, 0.25) is 0 Å². The Balaban J connectivity index is 1.86. The fraction of sp³-hybridized carbons (Fsp3) is 0.500. The first-order valence-corrected chi connectivity index (χ1v) is 7.88. The fourth-order valence-corrected chi connectivity index (χ4v) is 3.28. The number of carbonyl (C=O) groups excluding carboxylic acids is 2. The van der Waals surface area contributed by atoms with Gasteiger partial charge in [-0.25, -0.2) is 0 Å². The van der Waals surface area contributed by atoms with E-state index in [1.165, 1.54) is 7.11 Å². The molecule has 0 saturated carbocycles. The number of amides is 1. The maximum absolute atomic E-state index is 12.2. The summed E-state index contributed by atoms with van der Waals surface area (Å²) in [5, 5.41) is 1.89. The number of carbonyl (C=O) groups is 2. The number of nitrogens with zero attached hydrogens (tertiary/aromatic N) is 2. The van der Waals surface area contributed by atoms with Gasteiger partial charge < -0.3 is 9.64 Å². The molecular weight excluding hydrogens is 379 g/mol. The molecule has 0 radical (unpaired) electrons. The minimum Gasteiger partial charge on any atom is -0.468 e. The Morgan fingerprint density at radius 2 is 2.05 bits per heavy atom. The number of esters is 1. The van der Waals surface area contributed by atoms with Crippen LogP contribution in [0.2, 0.25) is 0 Å². The highest BCUT2D eigenvalue weighted by Crippen LogP contribution is 2.18. The number of hydrogen-bond acceptors (Lipinski definition) is 5. The van der Waals surface area contributed by atoms with Crippen molar-refractivity contribution >= 4 is 45.8 Å². The molecule has 5 nitrogen and oxygen atoms in total. The first kappa shape index (κ1) is 14.7. The highest BCUT2D eigenvalue weighted by Gasteiger charge is 2.23. The van der Waals surface area contributed by atoms with Gasteiger partial charge in [0, 0.05) is 31.6 Å². The van der Waals surface area contributed by atoms with E-state index in [9.17, 15) is 9.59 Å². The smallest absolute Gasteiger partial charge is 0.319 e. The lowest BCUT2D eigenvalue weighted by Crippen LogP contribution is -2.50. The Morgan fingerprint density at radius 1 is 1.37 bits per heavy atom. The van der Waals surface area contributed by atoms with Crippen LogP contribution in [0.15, 0.2) is 11.4 Å². The average molecular weight is 394 g/mol. The first-order valence-electron chi connectivity index (χ1n) is 5.92. The predicted octanol–water partition coefficient (Wildman–Crippen LogP) is 1.28. The van der Waals surface area contributed by atoms with Gasteiger partial charge >= 0.3 is 5.97 Å². The number of halogens is 1. The normalized spacial score (nSPS) is 16.4. The zero-order chi connectivity index (χ0) is 13.8. The van der Waals surface area contributed by atoms with Gasteiger partial charge in [-0.05, 0) is 28.7 Å². The molecule has 1 aromatic heterocycles. The molecule has 1 aliphatic rings. The molecule has 1 aromatic rings. The molecule has 1 saturated heterocycles. The van der Waals surface area contributed by atoms with E-state index >= 15 is 0 Å². The monoisotopic (exact) mass is 394 g/mol. The summed E-state index contributed by atoms with van der Waals surface area (Å²) in [6, 6.07) is 1.91. The SMILES string of the molecule is COC(=O)CN1CCN(C(=O)c2csc(I)c2)CC1. The van der Waals surface area contributed by atoms with Crippen molar-refractivity contribution < 1.29 is 14.3 Å². The van der Waals surface area contributed by atoms with E-state index in [0.717, 1.165) is 8.45 Å². The lowest BCUT2D eigenvalue weighted by atomic mass is 10.2. The Labute approximate surface area is 129 Å². The van der Waals surface area contributed by atoms with Gasteiger partial charge in [-0.2, -0.15) is 0 Å². The van der Waals surface area contributed by atoms with E-state index in [2.05, 4.69) is 27.3 Å². The maximum Gasteiger partial charge on any atom is 0.319 e. The van der Waals surface area contributed by atoms with Crippen LogP contribution in [-0.4, -0.2) is 61.5 Å². The molecule has 19 heavy (non-hydrogen) atoms. The van der Waals surface area contributed by atoms with E-state index < -0.39 is 0 Å². The number of rotatable bonds is 3. The van der Waals surface area contributed by atoms with Crippen LogP contribution >= 0.6 is 33.9 Å². The summed E-state index contributed by atoms with van der Waals surface area (Å²) in [5.41, 5.74) is 0.760. The average Bonchev–Trinajstić information content (AvgIpc) is 2.85. The third-order valence-electron chi connectivity index (χ3n) is 3.05. The topological polar surface area (TPSA) is 49.9 Å². The molecule has 0 aromatic carbocycles. The predicted molar refractivity (Wildman–Crippen MR) is 81.4 cm³/mol. The van der Waals surface area contributed by atoms with Crippen molar-refractivity contribution in [1.29, 1.82) is 0 Å². The second kappa shape index (κ2) is 6.67. The zero-order valence-corrected chi connectivity index (χ0v) is 13.6. The van der Waals surface area contributed by atoms with Crippen LogP contribution in [0, 0.1) is 2.88 Å². The van der Waals surface area contributed by atoms with Crippen molar-refractivity contribution in [1.82, 2.24) is 9.80 Å². The summed E-state index contributed by atoms with van der Waals surface area (Å²) in [6.07, 6.45) is 0. The largest absolute Gasteiger partial charge is 0.468 e. The molecule has 0 aliphatic carbocycles. The second-order valence-corrected chi connectivity index (χ2v) is 7.09. The van der Waals surface area contributed by atoms with Gasteiger partial charge in [-0.1, -0.05) is 0 Å². The van der Waals surface area contributed by atoms with Crippen molar-refractivity contribution in [3.8, 4) is 0 Å². The summed E-state index contributed by atoms with van der Waals surface area (Å²) in [6.45, 7) is 3.03. The van der Waals surface area contributed by atoms with Crippen LogP contribution in [0.25, 0.3) is 0 Å². The van der Waals surface area contributed by atoms with Gasteiger partial charge in [0.05, 0.1) is 22.1 Å².